The highest BCUT2D eigenvalue weighted by Gasteiger charge is 2.27. The molecule has 0 radical (unpaired) electrons. The average Bonchev–Trinajstić information content (AvgIpc) is 2.29. The molecule has 0 aromatic rings. The fourth-order valence-corrected chi connectivity index (χ4v) is 2.05. The van der Waals surface area contributed by atoms with Crippen molar-refractivity contribution in [2.75, 3.05) is 19.8 Å². The summed E-state index contributed by atoms with van der Waals surface area (Å²) in [6, 6.07) is -0.203. The van der Waals surface area contributed by atoms with Gasteiger partial charge in [-0.05, 0) is 38.6 Å². The molecular formula is C12H21NO4. The van der Waals surface area contributed by atoms with Crippen LogP contribution in [0, 0.1) is 5.92 Å². The van der Waals surface area contributed by atoms with E-state index in [1.54, 1.807) is 6.92 Å². The Morgan fingerprint density at radius 3 is 2.76 bits per heavy atom. The number of carbonyl (C=O) groups is 2. The summed E-state index contributed by atoms with van der Waals surface area (Å²) in [4.78, 5) is 22.2. The van der Waals surface area contributed by atoms with E-state index in [0.717, 1.165) is 25.8 Å². The summed E-state index contributed by atoms with van der Waals surface area (Å²) in [7, 11) is 0. The second kappa shape index (κ2) is 7.27. The van der Waals surface area contributed by atoms with Crippen LogP contribution in [-0.4, -0.2) is 37.7 Å². The topological polar surface area (TPSA) is 64.6 Å². The van der Waals surface area contributed by atoms with E-state index in [1.165, 1.54) is 6.92 Å². The van der Waals surface area contributed by atoms with Crippen molar-refractivity contribution >= 4 is 11.9 Å². The van der Waals surface area contributed by atoms with E-state index in [0.29, 0.717) is 19.1 Å². The number of piperidine rings is 1. The van der Waals surface area contributed by atoms with Crippen molar-refractivity contribution in [1.82, 2.24) is 5.32 Å². The van der Waals surface area contributed by atoms with E-state index in [9.17, 15) is 9.59 Å². The zero-order valence-electron chi connectivity index (χ0n) is 10.5. The minimum absolute atomic E-state index is 0.176. The molecule has 17 heavy (non-hydrogen) atoms. The van der Waals surface area contributed by atoms with Crippen LogP contribution in [0.3, 0.4) is 0 Å². The summed E-state index contributed by atoms with van der Waals surface area (Å²) in [5, 5.41) is 3.15. The normalized spacial score (nSPS) is 24.1. The monoisotopic (exact) mass is 243 g/mol. The van der Waals surface area contributed by atoms with Crippen LogP contribution in [0.15, 0.2) is 0 Å². The molecule has 98 valence electrons. The van der Waals surface area contributed by atoms with Crippen molar-refractivity contribution in [2.45, 2.75) is 39.2 Å². The summed E-state index contributed by atoms with van der Waals surface area (Å²) in [5.41, 5.74) is 0. The molecular weight excluding hydrogens is 222 g/mol. The van der Waals surface area contributed by atoms with Crippen molar-refractivity contribution in [1.29, 1.82) is 0 Å². The third-order valence-corrected chi connectivity index (χ3v) is 2.91. The molecule has 0 aromatic heterocycles. The van der Waals surface area contributed by atoms with Crippen LogP contribution < -0.4 is 5.32 Å². The molecule has 1 fully saturated rings. The molecule has 0 aliphatic carbocycles. The first-order valence-corrected chi connectivity index (χ1v) is 6.16. The molecule has 5 heteroatoms. The Morgan fingerprint density at radius 1 is 1.35 bits per heavy atom. The van der Waals surface area contributed by atoms with Gasteiger partial charge in [-0.3, -0.25) is 9.59 Å². The Labute approximate surface area is 102 Å². The summed E-state index contributed by atoms with van der Waals surface area (Å²) < 4.78 is 9.90. The molecule has 1 heterocycles. The number of hydrogen-bond acceptors (Lipinski definition) is 5. The Morgan fingerprint density at radius 2 is 2.12 bits per heavy atom. The van der Waals surface area contributed by atoms with Gasteiger partial charge in [-0.15, -0.1) is 0 Å². The lowest BCUT2D eigenvalue weighted by Crippen LogP contribution is -2.44. The molecule has 1 aliphatic heterocycles. The van der Waals surface area contributed by atoms with Crippen LogP contribution in [0.5, 0.6) is 0 Å². The second-order valence-corrected chi connectivity index (χ2v) is 4.28. The highest BCUT2D eigenvalue weighted by atomic mass is 16.5. The minimum Gasteiger partial charge on any atom is -0.466 e. The first-order chi connectivity index (χ1) is 8.13. The van der Waals surface area contributed by atoms with Gasteiger partial charge in [-0.1, -0.05) is 0 Å². The zero-order chi connectivity index (χ0) is 12.7. The molecule has 1 rings (SSSR count). The zero-order valence-corrected chi connectivity index (χ0v) is 10.5. The summed E-state index contributed by atoms with van der Waals surface area (Å²) >= 11 is 0. The van der Waals surface area contributed by atoms with Gasteiger partial charge in [0.2, 0.25) is 0 Å². The van der Waals surface area contributed by atoms with Gasteiger partial charge in [0.1, 0.15) is 6.04 Å². The molecule has 0 bridgehead atoms. The van der Waals surface area contributed by atoms with Gasteiger partial charge in [0.15, 0.2) is 0 Å². The van der Waals surface area contributed by atoms with Crippen LogP contribution >= 0.6 is 0 Å². The highest BCUT2D eigenvalue weighted by molar-refractivity contribution is 5.75. The van der Waals surface area contributed by atoms with Crippen molar-refractivity contribution in [3.8, 4) is 0 Å². The van der Waals surface area contributed by atoms with E-state index < -0.39 is 0 Å². The van der Waals surface area contributed by atoms with Crippen LogP contribution in [0.25, 0.3) is 0 Å². The van der Waals surface area contributed by atoms with Crippen LogP contribution in [0.2, 0.25) is 0 Å². The molecule has 5 nitrogen and oxygen atoms in total. The maximum Gasteiger partial charge on any atom is 0.323 e. The smallest absolute Gasteiger partial charge is 0.323 e. The number of carbonyl (C=O) groups excluding carboxylic acids is 2. The predicted molar refractivity (Wildman–Crippen MR) is 62.4 cm³/mol. The minimum atomic E-state index is -0.249. The molecule has 0 aromatic carbocycles. The lowest BCUT2D eigenvalue weighted by Gasteiger charge is -2.28. The fraction of sp³-hybridized carbons (Fsp3) is 0.833. The first kappa shape index (κ1) is 14.0. The third-order valence-electron chi connectivity index (χ3n) is 2.91. The van der Waals surface area contributed by atoms with Crippen LogP contribution in [0.4, 0.5) is 0 Å². The van der Waals surface area contributed by atoms with Crippen molar-refractivity contribution in [3.05, 3.63) is 0 Å². The first-order valence-electron chi connectivity index (χ1n) is 6.16. The standard InChI is InChI=1S/C12H21NO4/c1-3-16-12(15)11-8-10(4-6-13-11)5-7-17-9(2)14/h10-11,13H,3-8H2,1-2H3/t10-,11+/m0/s1. The van der Waals surface area contributed by atoms with E-state index >= 15 is 0 Å². The Balaban J connectivity index is 2.28. The molecule has 2 atom stereocenters. The lowest BCUT2D eigenvalue weighted by atomic mass is 9.90. The van der Waals surface area contributed by atoms with Crippen molar-refractivity contribution in [2.24, 2.45) is 5.92 Å². The molecule has 1 N–H and O–H groups in total. The quantitative estimate of drug-likeness (QED) is 0.726. The van der Waals surface area contributed by atoms with Gasteiger partial charge in [0.25, 0.3) is 0 Å². The van der Waals surface area contributed by atoms with Gasteiger partial charge in [0.05, 0.1) is 13.2 Å². The van der Waals surface area contributed by atoms with E-state index in [-0.39, 0.29) is 18.0 Å². The Hall–Kier alpha value is -1.10. The van der Waals surface area contributed by atoms with E-state index in [4.69, 9.17) is 9.47 Å². The summed E-state index contributed by atoms with van der Waals surface area (Å²) in [5.74, 6) is -0.00410. The van der Waals surface area contributed by atoms with Crippen LogP contribution in [0.1, 0.15) is 33.1 Å². The number of esters is 2. The van der Waals surface area contributed by atoms with Crippen molar-refractivity contribution < 1.29 is 19.1 Å². The lowest BCUT2D eigenvalue weighted by molar-refractivity contribution is -0.147. The Bertz CT molecular complexity index is 267. The molecule has 1 saturated heterocycles. The third kappa shape index (κ3) is 5.17. The van der Waals surface area contributed by atoms with Gasteiger partial charge < -0.3 is 14.8 Å². The maximum atomic E-state index is 11.6. The Kier molecular flexibility index (Phi) is 5.97. The molecule has 0 unspecified atom stereocenters. The molecule has 0 amide bonds. The van der Waals surface area contributed by atoms with Gasteiger partial charge in [-0.2, -0.15) is 0 Å². The average molecular weight is 243 g/mol. The molecule has 1 aliphatic rings. The number of nitrogens with one attached hydrogen (secondary N) is 1. The number of ether oxygens (including phenoxy) is 2. The van der Waals surface area contributed by atoms with Gasteiger partial charge in [-0.25, -0.2) is 0 Å². The summed E-state index contributed by atoms with van der Waals surface area (Å²) in [6.07, 6.45) is 2.59. The number of rotatable bonds is 5. The van der Waals surface area contributed by atoms with E-state index in [2.05, 4.69) is 5.32 Å². The van der Waals surface area contributed by atoms with Gasteiger partial charge >= 0.3 is 11.9 Å². The summed E-state index contributed by atoms with van der Waals surface area (Å²) in [6.45, 7) is 4.88. The second-order valence-electron chi connectivity index (χ2n) is 4.28. The predicted octanol–water partition coefficient (Wildman–Crippen LogP) is 0.871. The maximum absolute atomic E-state index is 11.6. The van der Waals surface area contributed by atoms with E-state index in [1.807, 2.05) is 0 Å². The van der Waals surface area contributed by atoms with Crippen molar-refractivity contribution in [3.63, 3.8) is 0 Å². The SMILES string of the molecule is CCOC(=O)[C@H]1C[C@H](CCOC(C)=O)CCN1. The van der Waals surface area contributed by atoms with Gasteiger partial charge in [0, 0.05) is 6.92 Å². The van der Waals surface area contributed by atoms with Crippen LogP contribution in [-0.2, 0) is 19.1 Å². The molecule has 0 spiro atoms. The molecule has 0 saturated carbocycles. The highest BCUT2D eigenvalue weighted by Crippen LogP contribution is 2.20. The number of hydrogen-bond donors (Lipinski definition) is 1. The fourth-order valence-electron chi connectivity index (χ4n) is 2.05. The largest absolute Gasteiger partial charge is 0.466 e.